The van der Waals surface area contributed by atoms with Crippen LogP contribution in [0.1, 0.15) is 5.56 Å². The van der Waals surface area contributed by atoms with Crippen LogP contribution in [0.2, 0.25) is 5.02 Å². The number of nitrogens with zero attached hydrogens (tertiary/aromatic N) is 3. The third-order valence-electron chi connectivity index (χ3n) is 3.45. The molecule has 6 nitrogen and oxygen atoms in total. The second kappa shape index (κ2) is 7.63. The predicted molar refractivity (Wildman–Crippen MR) is 99.1 cm³/mol. The largest absolute Gasteiger partial charge is 0.496 e. The summed E-state index contributed by atoms with van der Waals surface area (Å²) in [4.78, 5) is 12.4. The zero-order chi connectivity index (χ0) is 17.6. The molecule has 0 aliphatic heterocycles. The lowest BCUT2D eigenvalue weighted by Gasteiger charge is -2.08. The van der Waals surface area contributed by atoms with Gasteiger partial charge in [0.1, 0.15) is 16.5 Å². The van der Waals surface area contributed by atoms with Gasteiger partial charge in [-0.3, -0.25) is 10.2 Å². The highest BCUT2D eigenvalue weighted by molar-refractivity contribution is 6.32. The van der Waals surface area contributed by atoms with Gasteiger partial charge in [0.15, 0.2) is 0 Å². The highest BCUT2D eigenvalue weighted by atomic mass is 35.5. The number of para-hydroxylation sites is 2. The van der Waals surface area contributed by atoms with Crippen molar-refractivity contribution < 1.29 is 4.74 Å². The molecule has 0 saturated carbocycles. The van der Waals surface area contributed by atoms with E-state index < -0.39 is 5.56 Å². The van der Waals surface area contributed by atoms with Gasteiger partial charge in [0.25, 0.3) is 5.56 Å². The monoisotopic (exact) mass is 354 g/mol. The van der Waals surface area contributed by atoms with Crippen LogP contribution in [0.5, 0.6) is 5.75 Å². The summed E-state index contributed by atoms with van der Waals surface area (Å²) < 4.78 is 6.48. The van der Waals surface area contributed by atoms with Gasteiger partial charge in [0.05, 0.1) is 25.2 Å². The third-order valence-corrected chi connectivity index (χ3v) is 3.81. The lowest BCUT2D eigenvalue weighted by molar-refractivity contribution is 0.414. The van der Waals surface area contributed by atoms with Gasteiger partial charge in [-0.05, 0) is 24.3 Å². The average Bonchev–Trinajstić information content (AvgIpc) is 2.66. The molecule has 0 radical (unpaired) electrons. The summed E-state index contributed by atoms with van der Waals surface area (Å²) in [5.41, 5.74) is 4.07. The van der Waals surface area contributed by atoms with Gasteiger partial charge in [-0.1, -0.05) is 41.9 Å². The number of rotatable bonds is 5. The molecule has 1 heterocycles. The Hall–Kier alpha value is -3.12. The number of benzene rings is 2. The van der Waals surface area contributed by atoms with Gasteiger partial charge >= 0.3 is 0 Å². The lowest BCUT2D eigenvalue weighted by Crippen LogP contribution is -2.22. The van der Waals surface area contributed by atoms with E-state index in [-0.39, 0.29) is 5.02 Å². The minimum Gasteiger partial charge on any atom is -0.496 e. The molecule has 1 aromatic heterocycles. The summed E-state index contributed by atoms with van der Waals surface area (Å²) in [6.45, 7) is 0. The van der Waals surface area contributed by atoms with Crippen LogP contribution < -0.4 is 15.7 Å². The second-order valence-electron chi connectivity index (χ2n) is 5.04. The van der Waals surface area contributed by atoms with E-state index >= 15 is 0 Å². The third kappa shape index (κ3) is 3.70. The van der Waals surface area contributed by atoms with E-state index in [1.807, 2.05) is 42.5 Å². The highest BCUT2D eigenvalue weighted by Gasteiger charge is 2.10. The average molecular weight is 355 g/mol. The Morgan fingerprint density at radius 2 is 1.88 bits per heavy atom. The van der Waals surface area contributed by atoms with Crippen LogP contribution >= 0.6 is 11.6 Å². The summed E-state index contributed by atoms with van der Waals surface area (Å²) in [5, 5.41) is 8.23. The van der Waals surface area contributed by atoms with Crippen LogP contribution in [-0.2, 0) is 0 Å². The summed E-state index contributed by atoms with van der Waals surface area (Å²) in [6, 6.07) is 16.5. The van der Waals surface area contributed by atoms with Gasteiger partial charge in [0, 0.05) is 5.56 Å². The Labute approximate surface area is 149 Å². The molecule has 3 rings (SSSR count). The molecule has 0 bridgehead atoms. The summed E-state index contributed by atoms with van der Waals surface area (Å²) in [6.07, 6.45) is 3.04. The lowest BCUT2D eigenvalue weighted by atomic mass is 10.2. The van der Waals surface area contributed by atoms with Crippen molar-refractivity contribution in [1.29, 1.82) is 0 Å². The number of hydrogen-bond acceptors (Lipinski definition) is 5. The maximum atomic E-state index is 12.4. The predicted octanol–water partition coefficient (Wildman–Crippen LogP) is 3.34. The molecule has 2 aromatic carbocycles. The zero-order valence-electron chi connectivity index (χ0n) is 13.4. The van der Waals surface area contributed by atoms with E-state index in [1.165, 1.54) is 10.9 Å². The Morgan fingerprint density at radius 3 is 2.64 bits per heavy atom. The number of methoxy groups -OCH3 is 1. The maximum Gasteiger partial charge on any atom is 0.292 e. The van der Waals surface area contributed by atoms with E-state index in [0.29, 0.717) is 17.1 Å². The van der Waals surface area contributed by atoms with E-state index in [1.54, 1.807) is 25.5 Å². The van der Waals surface area contributed by atoms with Gasteiger partial charge in [-0.2, -0.15) is 14.9 Å². The van der Waals surface area contributed by atoms with Gasteiger partial charge in [-0.25, -0.2) is 0 Å². The van der Waals surface area contributed by atoms with Gasteiger partial charge in [0.2, 0.25) is 0 Å². The van der Waals surface area contributed by atoms with E-state index in [9.17, 15) is 4.79 Å². The first-order chi connectivity index (χ1) is 12.2. The fourth-order valence-corrected chi connectivity index (χ4v) is 2.38. The first-order valence-corrected chi connectivity index (χ1v) is 7.84. The number of anilines is 1. The van der Waals surface area contributed by atoms with E-state index in [0.717, 1.165) is 5.56 Å². The Kier molecular flexibility index (Phi) is 5.11. The molecular formula is C18H15ClN4O2. The van der Waals surface area contributed by atoms with Crippen molar-refractivity contribution in [1.82, 2.24) is 9.78 Å². The van der Waals surface area contributed by atoms with Crippen LogP contribution in [0, 0.1) is 0 Å². The molecule has 0 atom stereocenters. The molecule has 25 heavy (non-hydrogen) atoms. The standard InChI is InChI=1S/C18H15ClN4O2/c1-25-16-10-6-5-7-13(16)11-20-22-15-12-21-23(18(24)17(15)19)14-8-3-2-4-9-14/h2-12,22H,1H3/b20-11+. The topological polar surface area (TPSA) is 68.5 Å². The summed E-state index contributed by atoms with van der Waals surface area (Å²) >= 11 is 6.15. The number of aromatic nitrogens is 2. The van der Waals surface area contributed by atoms with Gasteiger partial charge < -0.3 is 4.74 Å². The molecule has 1 N–H and O–H groups in total. The molecule has 0 spiro atoms. The zero-order valence-corrected chi connectivity index (χ0v) is 14.1. The molecule has 7 heteroatoms. The first-order valence-electron chi connectivity index (χ1n) is 7.46. The van der Waals surface area contributed by atoms with Crippen LogP contribution in [0.15, 0.2) is 70.7 Å². The number of hydrogen-bond donors (Lipinski definition) is 1. The minimum absolute atomic E-state index is 0.0102. The van der Waals surface area contributed by atoms with Crippen LogP contribution in [0.4, 0.5) is 5.69 Å². The number of halogens is 1. The molecule has 0 saturated heterocycles. The molecule has 0 fully saturated rings. The normalized spacial score (nSPS) is 10.8. The Morgan fingerprint density at radius 1 is 1.16 bits per heavy atom. The fourth-order valence-electron chi connectivity index (χ4n) is 2.21. The van der Waals surface area contributed by atoms with Crippen molar-refractivity contribution >= 4 is 23.5 Å². The smallest absolute Gasteiger partial charge is 0.292 e. The summed E-state index contributed by atoms with van der Waals surface area (Å²) in [5.74, 6) is 0.691. The van der Waals surface area contributed by atoms with Crippen LogP contribution in [0.25, 0.3) is 5.69 Å². The van der Waals surface area contributed by atoms with Crippen LogP contribution in [-0.4, -0.2) is 23.1 Å². The SMILES string of the molecule is COc1ccccc1/C=N/Nc1cnn(-c2ccccc2)c(=O)c1Cl. The molecule has 0 unspecified atom stereocenters. The van der Waals surface area contributed by atoms with Crippen molar-refractivity contribution in [3.05, 3.63) is 81.7 Å². The van der Waals surface area contributed by atoms with Crippen molar-refractivity contribution in [2.75, 3.05) is 12.5 Å². The van der Waals surface area contributed by atoms with Crippen molar-refractivity contribution in [3.8, 4) is 11.4 Å². The van der Waals surface area contributed by atoms with Crippen molar-refractivity contribution in [3.63, 3.8) is 0 Å². The molecule has 0 amide bonds. The molecule has 3 aromatic rings. The van der Waals surface area contributed by atoms with Crippen molar-refractivity contribution in [2.24, 2.45) is 5.10 Å². The Bertz CT molecular complexity index is 955. The first kappa shape index (κ1) is 16.7. The second-order valence-corrected chi connectivity index (χ2v) is 5.41. The molecular weight excluding hydrogens is 340 g/mol. The van der Waals surface area contributed by atoms with Crippen LogP contribution in [0.3, 0.4) is 0 Å². The quantitative estimate of drug-likeness (QED) is 0.563. The van der Waals surface area contributed by atoms with Gasteiger partial charge in [-0.15, -0.1) is 0 Å². The van der Waals surface area contributed by atoms with E-state index in [4.69, 9.17) is 16.3 Å². The summed E-state index contributed by atoms with van der Waals surface area (Å²) in [7, 11) is 1.59. The van der Waals surface area contributed by atoms with Crippen molar-refractivity contribution in [2.45, 2.75) is 0 Å². The Balaban J connectivity index is 1.83. The molecule has 126 valence electrons. The molecule has 0 aliphatic carbocycles. The molecule has 0 aliphatic rings. The fraction of sp³-hybridized carbons (Fsp3) is 0.0556. The minimum atomic E-state index is -0.426. The number of nitrogens with one attached hydrogen (secondary N) is 1. The highest BCUT2D eigenvalue weighted by Crippen LogP contribution is 2.18. The number of hydrazone groups is 1. The maximum absolute atomic E-state index is 12.4. The number of ether oxygens (including phenoxy) is 1. The van der Waals surface area contributed by atoms with E-state index in [2.05, 4.69) is 15.6 Å².